The van der Waals surface area contributed by atoms with Crippen LogP contribution in [0.25, 0.3) is 0 Å². The zero-order valence-corrected chi connectivity index (χ0v) is 16.6. The van der Waals surface area contributed by atoms with Crippen molar-refractivity contribution in [3.8, 4) is 0 Å². The van der Waals surface area contributed by atoms with Crippen molar-refractivity contribution in [3.63, 3.8) is 0 Å². The normalized spacial score (nSPS) is 11.4. The van der Waals surface area contributed by atoms with Crippen molar-refractivity contribution < 1.29 is 4.57 Å². The van der Waals surface area contributed by atoms with E-state index in [1.54, 1.807) is 0 Å². The highest BCUT2D eigenvalue weighted by Gasteiger charge is 2.38. The van der Waals surface area contributed by atoms with Crippen molar-refractivity contribution in [1.29, 1.82) is 0 Å². The number of hydrogen-bond acceptors (Lipinski definition) is 1. The Balaban J connectivity index is 2.03. The molecule has 0 saturated carbocycles. The van der Waals surface area contributed by atoms with Crippen molar-refractivity contribution >= 4 is 35.7 Å². The molecule has 0 atom stereocenters. The Labute approximate surface area is 161 Å². The van der Waals surface area contributed by atoms with Gasteiger partial charge in [0.25, 0.3) is 0 Å². The van der Waals surface area contributed by atoms with Gasteiger partial charge in [0.2, 0.25) is 0 Å². The van der Waals surface area contributed by atoms with Crippen molar-refractivity contribution in [2.75, 3.05) is 0 Å². The van der Waals surface area contributed by atoms with E-state index in [1.165, 1.54) is 0 Å². The Kier molecular flexibility index (Phi) is 5.35. The van der Waals surface area contributed by atoms with Crippen LogP contribution in [-0.2, 0) is 4.57 Å². The summed E-state index contributed by atoms with van der Waals surface area (Å²) in [5.41, 5.74) is 0. The SMILES string of the molecule is O=P(c1ccccc1)(c1ccccc1)P(c1ccccc1)c1ccccc1. The fraction of sp³-hybridized carbons (Fsp3) is 0. The second-order valence-electron chi connectivity index (χ2n) is 6.23. The highest BCUT2D eigenvalue weighted by Crippen LogP contribution is 2.72. The molecule has 0 aliphatic heterocycles. The summed E-state index contributed by atoms with van der Waals surface area (Å²) < 4.78 is 14.9. The molecule has 4 aromatic rings. The molecular formula is C24H20OP2. The maximum atomic E-state index is 14.9. The lowest BCUT2D eigenvalue weighted by molar-refractivity contribution is 0.595. The smallest absolute Gasteiger partial charge is 0.171 e. The van der Waals surface area contributed by atoms with Gasteiger partial charge < -0.3 is 4.57 Å². The van der Waals surface area contributed by atoms with Crippen LogP contribution >= 0.6 is 14.4 Å². The lowest BCUT2D eigenvalue weighted by atomic mass is 10.4. The van der Waals surface area contributed by atoms with Crippen LogP contribution in [0.2, 0.25) is 0 Å². The molecule has 0 aliphatic rings. The molecule has 0 N–H and O–H groups in total. The maximum Gasteiger partial charge on any atom is 0.171 e. The minimum Gasteiger partial charge on any atom is -0.308 e. The summed E-state index contributed by atoms with van der Waals surface area (Å²) in [5.74, 6) is 0. The average Bonchev–Trinajstić information content (AvgIpc) is 2.76. The third-order valence-electron chi connectivity index (χ3n) is 4.50. The molecule has 0 aliphatic carbocycles. The minimum atomic E-state index is -2.91. The summed E-state index contributed by atoms with van der Waals surface area (Å²) in [6.45, 7) is -2.91. The number of hydrogen-bond donors (Lipinski definition) is 0. The van der Waals surface area contributed by atoms with Crippen LogP contribution < -0.4 is 21.2 Å². The van der Waals surface area contributed by atoms with E-state index in [0.29, 0.717) is 0 Å². The zero-order chi connectivity index (χ0) is 18.5. The van der Waals surface area contributed by atoms with E-state index >= 15 is 0 Å². The Hall–Kier alpha value is -2.46. The van der Waals surface area contributed by atoms with E-state index in [0.717, 1.165) is 21.2 Å². The molecule has 4 rings (SSSR count). The standard InChI is InChI=1S/C24H20OP2/c25-27(23-17-9-3-10-18-23,24-19-11-4-12-20-24)26(21-13-5-1-6-14-21)22-15-7-2-8-16-22/h1-20H. The van der Waals surface area contributed by atoms with Gasteiger partial charge in [0, 0.05) is 18.2 Å². The minimum absolute atomic E-state index is 0.912. The molecule has 0 spiro atoms. The topological polar surface area (TPSA) is 17.1 Å². The molecule has 0 heterocycles. The third-order valence-corrected chi connectivity index (χ3v) is 13.1. The molecule has 1 nitrogen and oxygen atoms in total. The van der Waals surface area contributed by atoms with Crippen LogP contribution in [0.1, 0.15) is 0 Å². The number of rotatable bonds is 5. The van der Waals surface area contributed by atoms with Gasteiger partial charge in [-0.25, -0.2) is 0 Å². The molecule has 0 amide bonds. The van der Waals surface area contributed by atoms with Gasteiger partial charge >= 0.3 is 0 Å². The zero-order valence-electron chi connectivity index (χ0n) is 14.8. The molecule has 27 heavy (non-hydrogen) atoms. The number of benzene rings is 4. The van der Waals surface area contributed by atoms with Gasteiger partial charge in [0.15, 0.2) is 6.83 Å². The predicted molar refractivity (Wildman–Crippen MR) is 119 cm³/mol. The van der Waals surface area contributed by atoms with Gasteiger partial charge in [0.1, 0.15) is 0 Å². The van der Waals surface area contributed by atoms with Crippen molar-refractivity contribution in [2.45, 2.75) is 0 Å². The largest absolute Gasteiger partial charge is 0.308 e. The summed E-state index contributed by atoms with van der Waals surface area (Å²) in [6, 6.07) is 40.5. The van der Waals surface area contributed by atoms with Crippen molar-refractivity contribution in [1.82, 2.24) is 0 Å². The van der Waals surface area contributed by atoms with Crippen LogP contribution in [0.5, 0.6) is 0 Å². The highest BCUT2D eigenvalue weighted by atomic mass is 32.1. The Bertz CT molecular complexity index is 950. The summed E-state index contributed by atoms with van der Waals surface area (Å²) >= 11 is 0. The first-order valence-electron chi connectivity index (χ1n) is 8.92. The fourth-order valence-corrected chi connectivity index (χ4v) is 12.0. The summed E-state index contributed by atoms with van der Waals surface area (Å²) in [4.78, 5) is 0. The summed E-state index contributed by atoms with van der Waals surface area (Å²) in [7, 11) is -1.09. The average molecular weight is 386 g/mol. The molecule has 0 saturated heterocycles. The molecule has 0 aromatic heterocycles. The molecule has 3 heteroatoms. The van der Waals surface area contributed by atoms with Gasteiger partial charge in [-0.2, -0.15) is 0 Å². The first-order chi connectivity index (χ1) is 13.3. The third kappa shape index (κ3) is 3.54. The van der Waals surface area contributed by atoms with Crippen molar-refractivity contribution in [3.05, 3.63) is 121 Å². The van der Waals surface area contributed by atoms with Crippen LogP contribution in [0.15, 0.2) is 121 Å². The van der Waals surface area contributed by atoms with Gasteiger partial charge in [-0.1, -0.05) is 121 Å². The predicted octanol–water partition coefficient (Wildman–Crippen LogP) is 5.05. The van der Waals surface area contributed by atoms with E-state index in [-0.39, 0.29) is 0 Å². The first kappa shape index (κ1) is 17.9. The molecular weight excluding hydrogens is 366 g/mol. The monoisotopic (exact) mass is 386 g/mol. The fourth-order valence-electron chi connectivity index (χ4n) is 3.25. The van der Waals surface area contributed by atoms with E-state index < -0.39 is 14.4 Å². The highest BCUT2D eigenvalue weighted by molar-refractivity contribution is 8.44. The molecule has 132 valence electrons. The molecule has 0 unspecified atom stereocenters. The maximum absolute atomic E-state index is 14.9. The molecule has 4 aromatic carbocycles. The van der Waals surface area contributed by atoms with Crippen LogP contribution in [0.3, 0.4) is 0 Å². The Morgan fingerprint density at radius 3 is 1.07 bits per heavy atom. The van der Waals surface area contributed by atoms with E-state index in [1.807, 2.05) is 97.1 Å². The summed E-state index contributed by atoms with van der Waals surface area (Å²) in [5, 5.41) is 4.09. The lowest BCUT2D eigenvalue weighted by Crippen LogP contribution is -2.22. The second-order valence-corrected chi connectivity index (χ2v) is 13.0. The van der Waals surface area contributed by atoms with Crippen LogP contribution in [0, 0.1) is 0 Å². The van der Waals surface area contributed by atoms with E-state index in [9.17, 15) is 4.57 Å². The molecule has 0 radical (unpaired) electrons. The van der Waals surface area contributed by atoms with Gasteiger partial charge in [-0.05, 0) is 10.6 Å². The van der Waals surface area contributed by atoms with Crippen LogP contribution in [0.4, 0.5) is 0 Å². The Morgan fingerprint density at radius 2 is 0.741 bits per heavy atom. The first-order valence-corrected chi connectivity index (χ1v) is 12.7. The van der Waals surface area contributed by atoms with E-state index in [2.05, 4.69) is 24.3 Å². The molecule has 0 fully saturated rings. The van der Waals surface area contributed by atoms with Crippen molar-refractivity contribution in [2.24, 2.45) is 0 Å². The second kappa shape index (κ2) is 8.05. The van der Waals surface area contributed by atoms with Gasteiger partial charge in [-0.3, -0.25) is 0 Å². The molecule has 0 bridgehead atoms. The van der Waals surface area contributed by atoms with E-state index in [4.69, 9.17) is 0 Å². The summed E-state index contributed by atoms with van der Waals surface area (Å²) in [6.07, 6.45) is 0. The van der Waals surface area contributed by atoms with Gasteiger partial charge in [-0.15, -0.1) is 0 Å². The van der Waals surface area contributed by atoms with Gasteiger partial charge in [0.05, 0.1) is 0 Å². The Morgan fingerprint density at radius 1 is 0.444 bits per heavy atom. The lowest BCUT2D eigenvalue weighted by Gasteiger charge is -2.30. The van der Waals surface area contributed by atoms with Crippen LogP contribution in [-0.4, -0.2) is 0 Å². The quantitative estimate of drug-likeness (QED) is 0.439.